The second kappa shape index (κ2) is 8.10. The van der Waals surface area contributed by atoms with Gasteiger partial charge in [0.1, 0.15) is 0 Å². The summed E-state index contributed by atoms with van der Waals surface area (Å²) in [5.41, 5.74) is 0. The minimum Gasteiger partial charge on any atom is -0.0845 e. The van der Waals surface area contributed by atoms with Crippen LogP contribution in [0.5, 0.6) is 0 Å². The van der Waals surface area contributed by atoms with Gasteiger partial charge in [-0.3, -0.25) is 0 Å². The Labute approximate surface area is 82.7 Å². The Morgan fingerprint density at radius 2 is 1.23 bits per heavy atom. The SMILES string of the molecule is [CH]1/C=C/C=C/CCCCCCCC1. The van der Waals surface area contributed by atoms with E-state index in [4.69, 9.17) is 0 Å². The van der Waals surface area contributed by atoms with Crippen molar-refractivity contribution in [3.05, 3.63) is 30.7 Å². The van der Waals surface area contributed by atoms with E-state index in [1.165, 1.54) is 51.4 Å². The van der Waals surface area contributed by atoms with Crippen molar-refractivity contribution in [2.45, 2.75) is 51.4 Å². The van der Waals surface area contributed by atoms with Gasteiger partial charge < -0.3 is 0 Å². The van der Waals surface area contributed by atoms with E-state index >= 15 is 0 Å². The lowest BCUT2D eigenvalue weighted by atomic mass is 10.1. The molecule has 1 aliphatic rings. The zero-order valence-corrected chi connectivity index (χ0v) is 8.54. The van der Waals surface area contributed by atoms with Crippen LogP contribution in [0.25, 0.3) is 0 Å². The summed E-state index contributed by atoms with van der Waals surface area (Å²) in [7, 11) is 0. The van der Waals surface area contributed by atoms with Crippen LogP contribution in [-0.4, -0.2) is 0 Å². The van der Waals surface area contributed by atoms with E-state index in [9.17, 15) is 0 Å². The van der Waals surface area contributed by atoms with Crippen LogP contribution >= 0.6 is 0 Å². The molecule has 0 nitrogen and oxygen atoms in total. The fourth-order valence-electron chi connectivity index (χ4n) is 1.65. The molecule has 0 aromatic heterocycles. The molecule has 0 aromatic rings. The maximum Gasteiger partial charge on any atom is -0.0167 e. The Hall–Kier alpha value is -0.520. The summed E-state index contributed by atoms with van der Waals surface area (Å²) in [6.45, 7) is 0. The quantitative estimate of drug-likeness (QED) is 0.513. The average molecular weight is 177 g/mol. The molecule has 0 saturated heterocycles. The number of allylic oxidation sites excluding steroid dienone is 4. The van der Waals surface area contributed by atoms with E-state index in [0.717, 1.165) is 0 Å². The van der Waals surface area contributed by atoms with Crippen molar-refractivity contribution in [2.75, 3.05) is 0 Å². The summed E-state index contributed by atoms with van der Waals surface area (Å²) >= 11 is 0. The Balaban J connectivity index is 2.18. The van der Waals surface area contributed by atoms with E-state index in [-0.39, 0.29) is 0 Å². The van der Waals surface area contributed by atoms with Crippen LogP contribution in [0.15, 0.2) is 24.3 Å². The highest BCUT2D eigenvalue weighted by atomic mass is 14.0. The van der Waals surface area contributed by atoms with Gasteiger partial charge in [-0.05, 0) is 25.7 Å². The number of hydrogen-bond acceptors (Lipinski definition) is 0. The van der Waals surface area contributed by atoms with Crippen LogP contribution in [0, 0.1) is 6.42 Å². The molecule has 0 spiro atoms. The highest BCUT2D eigenvalue weighted by Gasteiger charge is 1.91. The van der Waals surface area contributed by atoms with Gasteiger partial charge in [0.25, 0.3) is 0 Å². The molecule has 0 heterocycles. The van der Waals surface area contributed by atoms with E-state index in [1.54, 1.807) is 0 Å². The zero-order valence-electron chi connectivity index (χ0n) is 8.54. The minimum absolute atomic E-state index is 1.25. The third-order valence-electron chi connectivity index (χ3n) is 2.49. The van der Waals surface area contributed by atoms with E-state index in [0.29, 0.717) is 0 Å². The van der Waals surface area contributed by atoms with E-state index in [2.05, 4.69) is 30.7 Å². The molecule has 0 heteroatoms. The van der Waals surface area contributed by atoms with Crippen LogP contribution in [0.2, 0.25) is 0 Å². The predicted molar refractivity (Wildman–Crippen MR) is 59.5 cm³/mol. The summed E-state index contributed by atoms with van der Waals surface area (Å²) in [5, 5.41) is 0. The molecular weight excluding hydrogens is 156 g/mol. The Bertz CT molecular complexity index is 135. The molecule has 0 N–H and O–H groups in total. The molecule has 0 fully saturated rings. The highest BCUT2D eigenvalue weighted by molar-refractivity contribution is 5.07. The summed E-state index contributed by atoms with van der Waals surface area (Å²) in [5.74, 6) is 0. The molecule has 0 bridgehead atoms. The molecule has 13 heavy (non-hydrogen) atoms. The van der Waals surface area contributed by atoms with E-state index < -0.39 is 0 Å². The summed E-state index contributed by atoms with van der Waals surface area (Å²) < 4.78 is 0. The smallest absolute Gasteiger partial charge is 0.0167 e. The summed E-state index contributed by atoms with van der Waals surface area (Å²) in [6.07, 6.45) is 22.0. The molecule has 0 unspecified atom stereocenters. The van der Waals surface area contributed by atoms with Crippen LogP contribution in [-0.2, 0) is 0 Å². The van der Waals surface area contributed by atoms with Crippen LogP contribution < -0.4 is 0 Å². The Morgan fingerprint density at radius 1 is 0.538 bits per heavy atom. The second-order valence-electron chi connectivity index (χ2n) is 3.75. The largest absolute Gasteiger partial charge is 0.0845 e. The lowest BCUT2D eigenvalue weighted by Crippen LogP contribution is -1.79. The van der Waals surface area contributed by atoms with Crippen molar-refractivity contribution >= 4 is 0 Å². The lowest BCUT2D eigenvalue weighted by Gasteiger charge is -1.99. The van der Waals surface area contributed by atoms with Gasteiger partial charge in [-0.1, -0.05) is 56.4 Å². The lowest BCUT2D eigenvalue weighted by molar-refractivity contribution is 0.597. The summed E-state index contributed by atoms with van der Waals surface area (Å²) in [6, 6.07) is 0. The molecular formula is C13H21. The van der Waals surface area contributed by atoms with Gasteiger partial charge >= 0.3 is 0 Å². The van der Waals surface area contributed by atoms with Crippen molar-refractivity contribution in [2.24, 2.45) is 0 Å². The molecule has 0 saturated carbocycles. The maximum absolute atomic E-state index is 2.28. The Morgan fingerprint density at radius 3 is 2.08 bits per heavy atom. The van der Waals surface area contributed by atoms with Gasteiger partial charge in [0.2, 0.25) is 0 Å². The standard InChI is InChI=1S/C13H21/c1-2-4-6-8-10-12-13-11-9-7-5-3-1/h1-5H,6-13H2/b2-1+,5-3+. The van der Waals surface area contributed by atoms with E-state index in [1.807, 2.05) is 0 Å². The zero-order chi connectivity index (χ0) is 9.19. The van der Waals surface area contributed by atoms with Crippen molar-refractivity contribution in [1.82, 2.24) is 0 Å². The molecule has 0 aliphatic heterocycles. The molecule has 73 valence electrons. The van der Waals surface area contributed by atoms with Gasteiger partial charge in [-0.15, -0.1) is 0 Å². The van der Waals surface area contributed by atoms with Crippen LogP contribution in [0.4, 0.5) is 0 Å². The predicted octanol–water partition coefficient (Wildman–Crippen LogP) is 4.44. The van der Waals surface area contributed by atoms with Crippen LogP contribution in [0.1, 0.15) is 51.4 Å². The first-order valence-electron chi connectivity index (χ1n) is 5.65. The van der Waals surface area contributed by atoms with Gasteiger partial charge in [-0.2, -0.15) is 0 Å². The molecule has 0 amide bonds. The first-order chi connectivity index (χ1) is 6.50. The van der Waals surface area contributed by atoms with Crippen molar-refractivity contribution in [1.29, 1.82) is 0 Å². The highest BCUT2D eigenvalue weighted by Crippen LogP contribution is 2.10. The van der Waals surface area contributed by atoms with Crippen molar-refractivity contribution < 1.29 is 0 Å². The number of hydrogen-bond donors (Lipinski definition) is 0. The van der Waals surface area contributed by atoms with Gasteiger partial charge in [0.15, 0.2) is 0 Å². The molecule has 1 radical (unpaired) electrons. The topological polar surface area (TPSA) is 0 Å². The first-order valence-corrected chi connectivity index (χ1v) is 5.65. The third kappa shape index (κ3) is 6.62. The fourth-order valence-corrected chi connectivity index (χ4v) is 1.65. The average Bonchev–Trinajstić information content (AvgIpc) is 2.18. The maximum atomic E-state index is 2.28. The van der Waals surface area contributed by atoms with Crippen molar-refractivity contribution in [3.63, 3.8) is 0 Å². The summed E-state index contributed by atoms with van der Waals surface area (Å²) in [4.78, 5) is 0. The van der Waals surface area contributed by atoms with Crippen molar-refractivity contribution in [3.8, 4) is 0 Å². The first kappa shape index (κ1) is 10.6. The molecule has 1 rings (SSSR count). The third-order valence-corrected chi connectivity index (χ3v) is 2.49. The normalized spacial score (nSPS) is 26.5. The van der Waals surface area contributed by atoms with Gasteiger partial charge in [-0.25, -0.2) is 0 Å². The van der Waals surface area contributed by atoms with Gasteiger partial charge in [0.05, 0.1) is 0 Å². The minimum atomic E-state index is 1.25. The molecule has 0 aromatic carbocycles. The second-order valence-corrected chi connectivity index (χ2v) is 3.75. The number of rotatable bonds is 0. The fraction of sp³-hybridized carbons (Fsp3) is 0.615. The molecule has 1 aliphatic carbocycles. The monoisotopic (exact) mass is 177 g/mol. The van der Waals surface area contributed by atoms with Gasteiger partial charge in [0, 0.05) is 0 Å². The molecule has 0 atom stereocenters. The Kier molecular flexibility index (Phi) is 6.58. The van der Waals surface area contributed by atoms with Crippen LogP contribution in [0.3, 0.4) is 0 Å².